The number of esters is 1. The number of anilines is 1. The lowest BCUT2D eigenvalue weighted by molar-refractivity contribution is -0.152. The molecule has 2 aromatic rings. The van der Waals surface area contributed by atoms with Gasteiger partial charge in [-0.3, -0.25) is 30.0 Å². The second kappa shape index (κ2) is 9.78. The van der Waals surface area contributed by atoms with Gasteiger partial charge in [-0.15, -0.1) is 0 Å². The number of hydrogen-bond donors (Lipinski definition) is 2. The quantitative estimate of drug-likeness (QED) is 0.498. The van der Waals surface area contributed by atoms with E-state index in [1.165, 1.54) is 29.2 Å². The van der Waals surface area contributed by atoms with Crippen LogP contribution in [0, 0.1) is 5.92 Å². The van der Waals surface area contributed by atoms with E-state index in [4.69, 9.17) is 25.8 Å². The molecular weight excluding hydrogens is 454 g/mol. The molecule has 33 heavy (non-hydrogen) atoms. The van der Waals surface area contributed by atoms with E-state index in [2.05, 4.69) is 10.9 Å². The van der Waals surface area contributed by atoms with Crippen molar-refractivity contribution in [3.05, 3.63) is 53.1 Å². The van der Waals surface area contributed by atoms with E-state index < -0.39 is 30.3 Å². The number of ether oxygens (including phenoxy) is 3. The Morgan fingerprint density at radius 2 is 1.76 bits per heavy atom. The summed E-state index contributed by atoms with van der Waals surface area (Å²) in [6, 6.07) is 11.2. The highest BCUT2D eigenvalue weighted by Crippen LogP contribution is 2.36. The normalized spacial score (nSPS) is 16.8. The maximum absolute atomic E-state index is 12.4. The molecule has 2 aliphatic heterocycles. The summed E-state index contributed by atoms with van der Waals surface area (Å²) < 4.78 is 16.0. The van der Waals surface area contributed by atoms with Gasteiger partial charge in [0, 0.05) is 35.3 Å². The molecule has 4 rings (SSSR count). The molecule has 2 aliphatic rings. The molecular formula is C22H20ClN3O7. The van der Waals surface area contributed by atoms with Crippen LogP contribution in [-0.4, -0.2) is 50.1 Å². The molecule has 11 heteroatoms. The number of carbonyl (C=O) groups excluding carboxylic acids is 4. The summed E-state index contributed by atoms with van der Waals surface area (Å²) in [6.45, 7) is 0.392. The molecule has 0 aliphatic carbocycles. The highest BCUT2D eigenvalue weighted by atomic mass is 35.5. The minimum atomic E-state index is -0.723. The van der Waals surface area contributed by atoms with Gasteiger partial charge in [0.15, 0.2) is 18.1 Å². The first-order valence-electron chi connectivity index (χ1n) is 10.1. The number of amides is 3. The van der Waals surface area contributed by atoms with Crippen LogP contribution < -0.4 is 25.2 Å². The fourth-order valence-corrected chi connectivity index (χ4v) is 3.53. The molecule has 0 unspecified atom stereocenters. The number of benzene rings is 2. The van der Waals surface area contributed by atoms with Crippen molar-refractivity contribution in [2.45, 2.75) is 6.42 Å². The molecule has 172 valence electrons. The number of carbonyl (C=O) groups is 4. The van der Waals surface area contributed by atoms with Crippen LogP contribution in [0.15, 0.2) is 42.5 Å². The Morgan fingerprint density at radius 1 is 1.03 bits per heavy atom. The molecule has 10 nitrogen and oxygen atoms in total. The van der Waals surface area contributed by atoms with Crippen LogP contribution in [0.2, 0.25) is 5.02 Å². The number of nitrogens with one attached hydrogen (secondary N) is 2. The molecule has 3 amide bonds. The Bertz CT molecular complexity index is 1090. The molecule has 0 radical (unpaired) electrons. The van der Waals surface area contributed by atoms with Gasteiger partial charge in [0.25, 0.3) is 11.8 Å². The molecule has 0 aromatic heterocycles. The summed E-state index contributed by atoms with van der Waals surface area (Å²) in [6.07, 6.45) is -0.0395. The van der Waals surface area contributed by atoms with Crippen molar-refractivity contribution < 1.29 is 33.4 Å². The molecule has 2 heterocycles. The SMILES string of the molecule is O=C(COC(=O)[C@@H]1CC(=O)N(c2ccc3c(c2)OCCO3)C1)NNC(=O)c1ccc(Cl)cc1. The van der Waals surface area contributed by atoms with Crippen LogP contribution in [0.5, 0.6) is 11.5 Å². The van der Waals surface area contributed by atoms with Gasteiger partial charge in [-0.2, -0.15) is 0 Å². The van der Waals surface area contributed by atoms with Crippen molar-refractivity contribution in [2.75, 3.05) is 31.3 Å². The lowest BCUT2D eigenvalue weighted by atomic mass is 10.1. The first-order chi connectivity index (χ1) is 15.9. The van der Waals surface area contributed by atoms with Gasteiger partial charge in [0.2, 0.25) is 5.91 Å². The molecule has 2 N–H and O–H groups in total. The van der Waals surface area contributed by atoms with Crippen LogP contribution in [-0.2, 0) is 19.1 Å². The highest BCUT2D eigenvalue weighted by molar-refractivity contribution is 6.30. The lowest BCUT2D eigenvalue weighted by Gasteiger charge is -2.22. The van der Waals surface area contributed by atoms with Crippen molar-refractivity contribution in [2.24, 2.45) is 5.92 Å². The molecule has 1 fully saturated rings. The Morgan fingerprint density at radius 3 is 2.52 bits per heavy atom. The smallest absolute Gasteiger partial charge is 0.311 e. The van der Waals surface area contributed by atoms with E-state index >= 15 is 0 Å². The van der Waals surface area contributed by atoms with E-state index in [-0.39, 0.29) is 18.9 Å². The van der Waals surface area contributed by atoms with Crippen LogP contribution in [0.3, 0.4) is 0 Å². The summed E-state index contributed by atoms with van der Waals surface area (Å²) >= 11 is 5.77. The van der Waals surface area contributed by atoms with Crippen molar-refractivity contribution in [1.29, 1.82) is 0 Å². The van der Waals surface area contributed by atoms with E-state index in [9.17, 15) is 19.2 Å². The predicted molar refractivity (Wildman–Crippen MR) is 116 cm³/mol. The number of rotatable bonds is 5. The number of halogens is 1. The zero-order chi connectivity index (χ0) is 23.4. The molecule has 0 spiro atoms. The summed E-state index contributed by atoms with van der Waals surface area (Å²) in [4.78, 5) is 50.2. The predicted octanol–water partition coefficient (Wildman–Crippen LogP) is 1.47. The zero-order valence-corrected chi connectivity index (χ0v) is 18.1. The minimum Gasteiger partial charge on any atom is -0.486 e. The third kappa shape index (κ3) is 5.35. The van der Waals surface area contributed by atoms with Crippen molar-refractivity contribution in [1.82, 2.24) is 10.9 Å². The highest BCUT2D eigenvalue weighted by Gasteiger charge is 2.36. The average Bonchev–Trinajstić information content (AvgIpc) is 3.22. The standard InChI is InChI=1S/C22H20ClN3O7/c23-15-3-1-13(2-4-15)21(29)25-24-19(27)12-33-22(30)14-9-20(28)26(11-14)16-5-6-17-18(10-16)32-8-7-31-17/h1-6,10,14H,7-9,11-12H2,(H,24,27)(H,25,29)/t14-/m1/s1. The maximum Gasteiger partial charge on any atom is 0.311 e. The second-order valence-corrected chi connectivity index (χ2v) is 7.79. The van der Waals surface area contributed by atoms with Gasteiger partial charge in [0.05, 0.1) is 5.92 Å². The summed E-state index contributed by atoms with van der Waals surface area (Å²) in [7, 11) is 0. The largest absolute Gasteiger partial charge is 0.486 e. The van der Waals surface area contributed by atoms with Crippen LogP contribution in [0.25, 0.3) is 0 Å². The van der Waals surface area contributed by atoms with Gasteiger partial charge in [-0.05, 0) is 36.4 Å². The maximum atomic E-state index is 12.4. The monoisotopic (exact) mass is 473 g/mol. The van der Waals surface area contributed by atoms with Gasteiger partial charge < -0.3 is 19.1 Å². The molecule has 0 bridgehead atoms. The van der Waals surface area contributed by atoms with E-state index in [0.29, 0.717) is 41.0 Å². The zero-order valence-electron chi connectivity index (χ0n) is 17.3. The Labute approximate surface area is 193 Å². The van der Waals surface area contributed by atoms with Gasteiger partial charge in [0.1, 0.15) is 13.2 Å². The number of hydrogen-bond acceptors (Lipinski definition) is 7. The third-order valence-electron chi connectivity index (χ3n) is 5.06. The molecule has 2 aromatic carbocycles. The van der Waals surface area contributed by atoms with Crippen LogP contribution >= 0.6 is 11.6 Å². The van der Waals surface area contributed by atoms with Gasteiger partial charge in [-0.25, -0.2) is 0 Å². The molecule has 0 saturated carbocycles. The Hall–Kier alpha value is -3.79. The van der Waals surface area contributed by atoms with Crippen LogP contribution in [0.4, 0.5) is 5.69 Å². The average molecular weight is 474 g/mol. The first kappa shape index (κ1) is 22.4. The lowest BCUT2D eigenvalue weighted by Crippen LogP contribution is -2.43. The second-order valence-electron chi connectivity index (χ2n) is 7.35. The van der Waals surface area contributed by atoms with Crippen molar-refractivity contribution in [3.63, 3.8) is 0 Å². The first-order valence-corrected chi connectivity index (χ1v) is 10.5. The van der Waals surface area contributed by atoms with E-state index in [1.54, 1.807) is 18.2 Å². The minimum absolute atomic E-state index is 0.0395. The molecule has 1 saturated heterocycles. The molecule has 1 atom stereocenters. The van der Waals surface area contributed by atoms with E-state index in [1.807, 2.05) is 0 Å². The van der Waals surface area contributed by atoms with Crippen molar-refractivity contribution >= 4 is 41.0 Å². The van der Waals surface area contributed by atoms with Gasteiger partial charge in [-0.1, -0.05) is 11.6 Å². The fourth-order valence-electron chi connectivity index (χ4n) is 3.41. The summed E-state index contributed by atoms with van der Waals surface area (Å²) in [5.41, 5.74) is 5.25. The Balaban J connectivity index is 1.25. The summed E-state index contributed by atoms with van der Waals surface area (Å²) in [5, 5.41) is 0.473. The number of fused-ring (bicyclic) bond motifs is 1. The fraction of sp³-hybridized carbons (Fsp3) is 0.273. The Kier molecular flexibility index (Phi) is 6.64. The van der Waals surface area contributed by atoms with Crippen molar-refractivity contribution in [3.8, 4) is 11.5 Å². The topological polar surface area (TPSA) is 123 Å². The van der Waals surface area contributed by atoms with Gasteiger partial charge >= 0.3 is 5.97 Å². The van der Waals surface area contributed by atoms with Crippen LogP contribution in [0.1, 0.15) is 16.8 Å². The number of hydrazine groups is 1. The number of nitrogens with zero attached hydrogens (tertiary/aromatic N) is 1. The summed E-state index contributed by atoms with van der Waals surface area (Å²) in [5.74, 6) is -1.78. The third-order valence-corrected chi connectivity index (χ3v) is 5.32. The van der Waals surface area contributed by atoms with E-state index in [0.717, 1.165) is 0 Å².